The van der Waals surface area contributed by atoms with E-state index < -0.39 is 54.1 Å². The van der Waals surface area contributed by atoms with Crippen molar-refractivity contribution in [3.8, 4) is 17.2 Å². The number of amides is 3. The number of halogens is 3. The number of alkyl halides is 3. The smallest absolute Gasteiger partial charge is 0.452 e. The predicted molar refractivity (Wildman–Crippen MR) is 150 cm³/mol. The van der Waals surface area contributed by atoms with Crippen LogP contribution >= 0.6 is 0 Å². The summed E-state index contributed by atoms with van der Waals surface area (Å²) in [7, 11) is 4.06. The number of hydrogen-bond acceptors (Lipinski definition) is 7. The number of carbonyl (C=O) groups excluding carboxylic acids is 4. The Morgan fingerprint density at radius 3 is 1.93 bits per heavy atom. The van der Waals surface area contributed by atoms with Gasteiger partial charge in [-0.2, -0.15) is 13.2 Å². The summed E-state index contributed by atoms with van der Waals surface area (Å²) in [5.74, 6) is -4.74. The van der Waals surface area contributed by atoms with Gasteiger partial charge in [-0.15, -0.1) is 0 Å². The first kappa shape index (κ1) is 33.0. The summed E-state index contributed by atoms with van der Waals surface area (Å²) in [5, 5.41) is 1.28. The van der Waals surface area contributed by atoms with Gasteiger partial charge in [0.1, 0.15) is 12.1 Å². The van der Waals surface area contributed by atoms with Crippen LogP contribution in [0.3, 0.4) is 0 Å². The molecule has 232 valence electrons. The predicted octanol–water partition coefficient (Wildman–Crippen LogP) is 4.23. The number of methoxy groups -OCH3 is 3. The van der Waals surface area contributed by atoms with E-state index in [4.69, 9.17) is 14.2 Å². The van der Waals surface area contributed by atoms with E-state index >= 15 is 0 Å². The maximum Gasteiger partial charge on any atom is 0.452 e. The normalized spacial score (nSPS) is 16.0. The van der Waals surface area contributed by atoms with Gasteiger partial charge >= 0.3 is 6.18 Å². The third-order valence-corrected chi connectivity index (χ3v) is 6.89. The van der Waals surface area contributed by atoms with Crippen LogP contribution in [0, 0.1) is 5.92 Å². The lowest BCUT2D eigenvalue weighted by Crippen LogP contribution is -2.64. The summed E-state index contributed by atoms with van der Waals surface area (Å²) in [6.07, 6.45) is -4.62. The maximum atomic E-state index is 14.3. The number of ether oxygens (including phenoxy) is 3. The topological polar surface area (TPSA) is 106 Å². The largest absolute Gasteiger partial charge is 0.493 e. The molecule has 3 amide bonds. The highest BCUT2D eigenvalue weighted by Gasteiger charge is 2.51. The zero-order valence-electron chi connectivity index (χ0n) is 24.9. The molecule has 1 aliphatic rings. The van der Waals surface area contributed by atoms with Crippen LogP contribution in [0.1, 0.15) is 38.8 Å². The van der Waals surface area contributed by atoms with Gasteiger partial charge in [0.05, 0.1) is 27.0 Å². The van der Waals surface area contributed by atoms with E-state index in [1.807, 2.05) is 0 Å². The summed E-state index contributed by atoms with van der Waals surface area (Å²) in [4.78, 5) is 54.5. The van der Waals surface area contributed by atoms with Crippen LogP contribution in [0.25, 0.3) is 5.70 Å². The lowest BCUT2D eigenvalue weighted by Gasteiger charge is -2.46. The molecule has 2 unspecified atom stereocenters. The van der Waals surface area contributed by atoms with Gasteiger partial charge in [-0.05, 0) is 23.6 Å². The van der Waals surface area contributed by atoms with Gasteiger partial charge in [-0.1, -0.05) is 44.2 Å². The highest BCUT2D eigenvalue weighted by Crippen LogP contribution is 2.42. The molecule has 0 fully saturated rings. The summed E-state index contributed by atoms with van der Waals surface area (Å²) in [5.41, 5.74) is 0.282. The number of carbonyl (C=O) groups is 4. The molecule has 0 bridgehead atoms. The van der Waals surface area contributed by atoms with Crippen molar-refractivity contribution in [3.05, 3.63) is 59.8 Å². The third-order valence-electron chi connectivity index (χ3n) is 6.89. The first-order valence-electron chi connectivity index (χ1n) is 13.3. The van der Waals surface area contributed by atoms with Gasteiger partial charge in [-0.3, -0.25) is 19.2 Å². The van der Waals surface area contributed by atoms with Crippen LogP contribution in [0.5, 0.6) is 17.2 Å². The average molecular weight is 606 g/mol. The minimum atomic E-state index is -5.34. The van der Waals surface area contributed by atoms with E-state index in [1.165, 1.54) is 58.7 Å². The van der Waals surface area contributed by atoms with Crippen LogP contribution in [0.15, 0.2) is 48.7 Å². The molecule has 0 aliphatic carbocycles. The molecule has 2 aromatic carbocycles. The fourth-order valence-corrected chi connectivity index (χ4v) is 4.99. The summed E-state index contributed by atoms with van der Waals surface area (Å²) in [6, 6.07) is 7.29. The molecule has 10 nitrogen and oxygen atoms in total. The molecule has 0 saturated heterocycles. The van der Waals surface area contributed by atoms with Crippen molar-refractivity contribution in [2.24, 2.45) is 5.92 Å². The average Bonchev–Trinajstić information content (AvgIpc) is 2.95. The Labute approximate surface area is 247 Å². The fraction of sp³-hybridized carbons (Fsp3) is 0.400. The second kappa shape index (κ2) is 13.2. The van der Waals surface area contributed by atoms with Crippen molar-refractivity contribution in [2.75, 3.05) is 21.3 Å². The van der Waals surface area contributed by atoms with E-state index in [1.54, 1.807) is 32.0 Å². The number of hydrazine groups is 1. The molecular weight excluding hydrogens is 571 g/mol. The SMILES string of the molecule is COc1cc(C2=CN(C(C)=O)C(C(C)C)C(=O)N2N(C(C)=O)C(Cc2ccccc2)C(=O)C(F)(F)F)cc(OC)c1OC. The molecule has 1 heterocycles. The molecule has 0 N–H and O–H groups in total. The highest BCUT2D eigenvalue weighted by molar-refractivity contribution is 6.00. The van der Waals surface area contributed by atoms with E-state index in [0.717, 1.165) is 16.8 Å². The molecule has 43 heavy (non-hydrogen) atoms. The zero-order valence-corrected chi connectivity index (χ0v) is 24.9. The second-order valence-corrected chi connectivity index (χ2v) is 10.1. The molecule has 3 rings (SSSR count). The first-order valence-corrected chi connectivity index (χ1v) is 13.3. The number of benzene rings is 2. The number of rotatable bonds is 10. The quantitative estimate of drug-likeness (QED) is 0.399. The van der Waals surface area contributed by atoms with Crippen molar-refractivity contribution < 1.29 is 46.6 Å². The number of nitrogens with zero attached hydrogens (tertiary/aromatic N) is 3. The fourth-order valence-electron chi connectivity index (χ4n) is 4.99. The van der Waals surface area contributed by atoms with Gasteiger partial charge in [0.2, 0.25) is 17.6 Å². The Kier molecular flexibility index (Phi) is 10.1. The third kappa shape index (κ3) is 6.76. The molecule has 0 spiro atoms. The standard InChI is InChI=1S/C30H34F3N3O7/c1-17(2)26-29(40)36(35(19(4)38)22(28(39)30(31,32)33)13-20-11-9-8-10-12-20)23(16-34(26)18(3)37)21-14-24(41-5)27(43-7)25(15-21)42-6/h8-12,14-17,22,26H,13H2,1-7H3. The monoisotopic (exact) mass is 605 g/mol. The Hall–Kier alpha value is -4.55. The minimum absolute atomic E-state index is 0.125. The molecule has 2 atom stereocenters. The highest BCUT2D eigenvalue weighted by atomic mass is 19.4. The summed E-state index contributed by atoms with van der Waals surface area (Å²) >= 11 is 0. The van der Waals surface area contributed by atoms with Crippen molar-refractivity contribution in [1.82, 2.24) is 14.9 Å². The van der Waals surface area contributed by atoms with Crippen LogP contribution < -0.4 is 14.2 Å². The van der Waals surface area contributed by atoms with Crippen LogP contribution in [-0.2, 0) is 25.6 Å². The van der Waals surface area contributed by atoms with Gasteiger partial charge in [0.15, 0.2) is 11.5 Å². The van der Waals surface area contributed by atoms with Gasteiger partial charge in [-0.25, -0.2) is 10.0 Å². The van der Waals surface area contributed by atoms with Crippen molar-refractivity contribution in [1.29, 1.82) is 0 Å². The molecule has 1 aliphatic heterocycles. The van der Waals surface area contributed by atoms with Crippen LogP contribution in [-0.4, -0.2) is 78.0 Å². The van der Waals surface area contributed by atoms with Gasteiger partial charge < -0.3 is 19.1 Å². The van der Waals surface area contributed by atoms with E-state index in [2.05, 4.69) is 0 Å². The van der Waals surface area contributed by atoms with E-state index in [0.29, 0.717) is 10.6 Å². The van der Waals surface area contributed by atoms with E-state index in [9.17, 15) is 32.3 Å². The summed E-state index contributed by atoms with van der Waals surface area (Å²) < 4.78 is 58.4. The Balaban J connectivity index is 2.39. The van der Waals surface area contributed by atoms with E-state index in [-0.39, 0.29) is 28.5 Å². The lowest BCUT2D eigenvalue weighted by molar-refractivity contribution is -0.187. The van der Waals surface area contributed by atoms with Crippen LogP contribution in [0.4, 0.5) is 13.2 Å². The molecule has 13 heteroatoms. The molecule has 2 aromatic rings. The first-order chi connectivity index (χ1) is 20.2. The molecule has 0 radical (unpaired) electrons. The van der Waals surface area contributed by atoms with Gasteiger partial charge in [0.25, 0.3) is 11.7 Å². The Bertz CT molecular complexity index is 1380. The van der Waals surface area contributed by atoms with Crippen molar-refractivity contribution in [3.63, 3.8) is 0 Å². The maximum absolute atomic E-state index is 14.3. The summed E-state index contributed by atoms with van der Waals surface area (Å²) in [6.45, 7) is 5.49. The van der Waals surface area contributed by atoms with Crippen LogP contribution in [0.2, 0.25) is 0 Å². The Morgan fingerprint density at radius 1 is 0.953 bits per heavy atom. The lowest BCUT2D eigenvalue weighted by atomic mass is 9.96. The number of hydrogen-bond donors (Lipinski definition) is 0. The number of Topliss-reactive ketones (excluding diaryl/α,β-unsaturated/α-hetero) is 1. The minimum Gasteiger partial charge on any atom is -0.493 e. The molecular formula is C30H34F3N3O7. The molecule has 0 aromatic heterocycles. The van der Waals surface area contributed by atoms with Crippen molar-refractivity contribution in [2.45, 2.75) is 52.4 Å². The van der Waals surface area contributed by atoms with Crippen molar-refractivity contribution >= 4 is 29.2 Å². The number of ketones is 1. The zero-order chi connectivity index (χ0) is 32.2. The molecule has 0 saturated carbocycles. The second-order valence-electron chi connectivity index (χ2n) is 10.1. The Morgan fingerprint density at radius 2 is 1.51 bits per heavy atom. The van der Waals surface area contributed by atoms with Gasteiger partial charge in [0, 0.05) is 32.0 Å².